The van der Waals surface area contributed by atoms with Crippen LogP contribution in [0.5, 0.6) is 11.5 Å². The molecule has 0 aromatic heterocycles. The average molecular weight is 444 g/mol. The number of esters is 1. The first-order valence-corrected chi connectivity index (χ1v) is 9.85. The second-order valence-corrected chi connectivity index (χ2v) is 7.41. The fourth-order valence-electron chi connectivity index (χ4n) is 2.64. The van der Waals surface area contributed by atoms with Crippen molar-refractivity contribution in [1.29, 1.82) is 0 Å². The lowest BCUT2D eigenvalue weighted by Gasteiger charge is -2.11. The van der Waals surface area contributed by atoms with Gasteiger partial charge in [0.15, 0.2) is 6.61 Å². The van der Waals surface area contributed by atoms with Crippen LogP contribution >= 0.6 is 23.2 Å². The number of halogens is 2. The van der Waals surface area contributed by atoms with Gasteiger partial charge in [0.05, 0.1) is 10.7 Å². The molecule has 0 fully saturated rings. The largest absolute Gasteiger partial charge is 0.482 e. The summed E-state index contributed by atoms with van der Waals surface area (Å²) in [6.07, 6.45) is 0. The molecule has 3 aromatic rings. The lowest BCUT2D eigenvalue weighted by molar-refractivity contribution is -0.136. The number of carbonyl (C=O) groups excluding carboxylic acids is 2. The molecular weight excluding hydrogens is 425 g/mol. The van der Waals surface area contributed by atoms with Crippen LogP contribution in [0.4, 0.5) is 5.69 Å². The fraction of sp³-hybridized carbons (Fsp3) is 0.130. The molecule has 0 saturated carbocycles. The molecule has 0 aliphatic rings. The van der Waals surface area contributed by atoms with E-state index in [0.717, 1.165) is 11.1 Å². The minimum Gasteiger partial charge on any atom is -0.482 e. The number of hydrogen-bond donors (Lipinski definition) is 1. The predicted octanol–water partition coefficient (Wildman–Crippen LogP) is 5.85. The van der Waals surface area contributed by atoms with Crippen molar-refractivity contribution in [2.75, 3.05) is 11.9 Å². The second kappa shape index (κ2) is 9.65. The van der Waals surface area contributed by atoms with Gasteiger partial charge in [0.25, 0.3) is 5.91 Å². The second-order valence-electron chi connectivity index (χ2n) is 6.56. The zero-order valence-electron chi connectivity index (χ0n) is 16.4. The molecule has 0 unspecified atom stereocenters. The van der Waals surface area contributed by atoms with E-state index in [1.165, 1.54) is 12.1 Å². The van der Waals surface area contributed by atoms with E-state index in [1.54, 1.807) is 36.4 Å². The topological polar surface area (TPSA) is 64.6 Å². The Morgan fingerprint density at radius 3 is 2.43 bits per heavy atom. The third-order valence-electron chi connectivity index (χ3n) is 4.43. The van der Waals surface area contributed by atoms with Gasteiger partial charge in [-0.2, -0.15) is 0 Å². The van der Waals surface area contributed by atoms with Gasteiger partial charge in [-0.3, -0.25) is 4.79 Å². The summed E-state index contributed by atoms with van der Waals surface area (Å²) in [7, 11) is 0. The van der Waals surface area contributed by atoms with Gasteiger partial charge in [0.1, 0.15) is 11.5 Å². The first kappa shape index (κ1) is 21.7. The summed E-state index contributed by atoms with van der Waals surface area (Å²) in [6.45, 7) is 3.68. The van der Waals surface area contributed by atoms with Crippen LogP contribution in [0.3, 0.4) is 0 Å². The maximum absolute atomic E-state index is 12.4. The molecule has 3 rings (SSSR count). The van der Waals surface area contributed by atoms with Crippen LogP contribution in [0, 0.1) is 13.8 Å². The van der Waals surface area contributed by atoms with E-state index in [9.17, 15) is 9.59 Å². The lowest BCUT2D eigenvalue weighted by atomic mass is 10.1. The summed E-state index contributed by atoms with van der Waals surface area (Å²) in [4.78, 5) is 24.4. The summed E-state index contributed by atoms with van der Waals surface area (Å²) in [5, 5.41) is 3.53. The summed E-state index contributed by atoms with van der Waals surface area (Å²) in [5.41, 5.74) is 2.83. The molecule has 7 heteroatoms. The van der Waals surface area contributed by atoms with Crippen LogP contribution in [-0.2, 0) is 4.79 Å². The van der Waals surface area contributed by atoms with Crippen LogP contribution in [0.1, 0.15) is 21.5 Å². The Kier molecular flexibility index (Phi) is 6.98. The molecular formula is C23H19Cl2NO4. The molecule has 0 atom stereocenters. The zero-order valence-corrected chi connectivity index (χ0v) is 17.9. The number of hydrogen-bond acceptors (Lipinski definition) is 4. The van der Waals surface area contributed by atoms with E-state index < -0.39 is 5.97 Å². The number of amides is 1. The number of rotatable bonds is 6. The number of ether oxygens (including phenoxy) is 2. The van der Waals surface area contributed by atoms with Crippen molar-refractivity contribution in [3.63, 3.8) is 0 Å². The Labute approximate surface area is 184 Å². The van der Waals surface area contributed by atoms with Gasteiger partial charge in [-0.05, 0) is 73.5 Å². The highest BCUT2D eigenvalue weighted by Gasteiger charge is 2.12. The molecule has 0 spiro atoms. The van der Waals surface area contributed by atoms with Crippen molar-refractivity contribution in [1.82, 2.24) is 0 Å². The van der Waals surface area contributed by atoms with Gasteiger partial charge in [-0.15, -0.1) is 0 Å². The van der Waals surface area contributed by atoms with E-state index in [1.807, 2.05) is 26.0 Å². The summed E-state index contributed by atoms with van der Waals surface area (Å²) in [5.74, 6) is 0.0367. The highest BCUT2D eigenvalue weighted by atomic mass is 35.5. The molecule has 0 radical (unpaired) electrons. The Balaban J connectivity index is 1.57. The Bertz CT molecular complexity index is 1080. The van der Waals surface area contributed by atoms with Crippen LogP contribution in [0.2, 0.25) is 10.0 Å². The Morgan fingerprint density at radius 2 is 1.70 bits per heavy atom. The van der Waals surface area contributed by atoms with Crippen LogP contribution in [-0.4, -0.2) is 18.5 Å². The van der Waals surface area contributed by atoms with E-state index in [-0.39, 0.29) is 12.5 Å². The van der Waals surface area contributed by atoms with Gasteiger partial charge in [-0.1, -0.05) is 35.3 Å². The van der Waals surface area contributed by atoms with E-state index in [4.69, 9.17) is 32.7 Å². The normalized spacial score (nSPS) is 10.4. The molecule has 0 bridgehead atoms. The highest BCUT2D eigenvalue weighted by molar-refractivity contribution is 6.35. The molecule has 1 N–H and O–H groups in total. The third kappa shape index (κ3) is 5.53. The third-order valence-corrected chi connectivity index (χ3v) is 4.99. The maximum atomic E-state index is 12.4. The van der Waals surface area contributed by atoms with Crippen molar-refractivity contribution in [2.24, 2.45) is 0 Å². The Morgan fingerprint density at radius 1 is 0.967 bits per heavy atom. The predicted molar refractivity (Wildman–Crippen MR) is 118 cm³/mol. The Hall–Kier alpha value is -3.02. The molecule has 154 valence electrons. The van der Waals surface area contributed by atoms with E-state index >= 15 is 0 Å². The average Bonchev–Trinajstić information content (AvgIpc) is 2.72. The van der Waals surface area contributed by atoms with E-state index in [0.29, 0.717) is 32.8 Å². The van der Waals surface area contributed by atoms with Crippen molar-refractivity contribution in [3.05, 3.63) is 87.4 Å². The minimum absolute atomic E-state index is 0.222. The summed E-state index contributed by atoms with van der Waals surface area (Å²) < 4.78 is 10.8. The molecule has 0 aliphatic carbocycles. The SMILES string of the molecule is Cc1cccc(OCC(=O)Oc2ccc(C(=O)Nc3cc(Cl)ccc3Cl)cc2)c1C. The van der Waals surface area contributed by atoms with Crippen LogP contribution in [0.25, 0.3) is 0 Å². The minimum atomic E-state index is -0.543. The van der Waals surface area contributed by atoms with Gasteiger partial charge < -0.3 is 14.8 Å². The number of aryl methyl sites for hydroxylation is 1. The van der Waals surface area contributed by atoms with Crippen molar-refractivity contribution in [3.8, 4) is 11.5 Å². The molecule has 1 amide bonds. The molecule has 5 nitrogen and oxygen atoms in total. The van der Waals surface area contributed by atoms with Crippen LogP contribution in [0.15, 0.2) is 60.7 Å². The van der Waals surface area contributed by atoms with Crippen molar-refractivity contribution >= 4 is 40.8 Å². The molecule has 3 aromatic carbocycles. The first-order chi connectivity index (χ1) is 14.3. The number of nitrogens with one attached hydrogen (secondary N) is 1. The first-order valence-electron chi connectivity index (χ1n) is 9.09. The smallest absolute Gasteiger partial charge is 0.349 e. The zero-order chi connectivity index (χ0) is 21.7. The molecule has 30 heavy (non-hydrogen) atoms. The standard InChI is InChI=1S/C23H19Cl2NO4/c1-14-4-3-5-21(15(14)2)29-13-22(27)30-18-9-6-16(7-10-18)23(28)26-20-12-17(24)8-11-19(20)25/h3-12H,13H2,1-2H3,(H,26,28). The van der Waals surface area contributed by atoms with Gasteiger partial charge >= 0.3 is 5.97 Å². The van der Waals surface area contributed by atoms with Crippen molar-refractivity contribution in [2.45, 2.75) is 13.8 Å². The van der Waals surface area contributed by atoms with Crippen LogP contribution < -0.4 is 14.8 Å². The van der Waals surface area contributed by atoms with Crippen molar-refractivity contribution < 1.29 is 19.1 Å². The molecule has 0 heterocycles. The monoisotopic (exact) mass is 443 g/mol. The number of anilines is 1. The highest BCUT2D eigenvalue weighted by Crippen LogP contribution is 2.26. The number of benzene rings is 3. The fourth-order valence-corrected chi connectivity index (χ4v) is 2.98. The van der Waals surface area contributed by atoms with Gasteiger partial charge in [0, 0.05) is 10.6 Å². The summed E-state index contributed by atoms with van der Waals surface area (Å²) in [6, 6.07) is 16.6. The summed E-state index contributed by atoms with van der Waals surface area (Å²) >= 11 is 12.0. The van der Waals surface area contributed by atoms with Gasteiger partial charge in [0.2, 0.25) is 0 Å². The number of carbonyl (C=O) groups is 2. The lowest BCUT2D eigenvalue weighted by Crippen LogP contribution is -2.18. The van der Waals surface area contributed by atoms with E-state index in [2.05, 4.69) is 5.32 Å². The molecule has 0 aliphatic heterocycles. The van der Waals surface area contributed by atoms with Gasteiger partial charge in [-0.25, -0.2) is 4.79 Å². The quantitative estimate of drug-likeness (QED) is 0.383. The molecule has 0 saturated heterocycles. The maximum Gasteiger partial charge on any atom is 0.349 e.